The number of aliphatic hydroxyl groups excluding tert-OH is 1. The largest absolute Gasteiger partial charge is 0.395 e. The summed E-state index contributed by atoms with van der Waals surface area (Å²) in [7, 11) is 0. The number of anilines is 1. The van der Waals surface area contributed by atoms with Crippen molar-refractivity contribution in [2.45, 2.75) is 0 Å². The summed E-state index contributed by atoms with van der Waals surface area (Å²) in [5.74, 6) is -0.662. The van der Waals surface area contributed by atoms with Crippen LogP contribution in [0.15, 0.2) is 24.3 Å². The summed E-state index contributed by atoms with van der Waals surface area (Å²) in [5, 5.41) is 13.7. The van der Waals surface area contributed by atoms with E-state index in [4.69, 9.17) is 5.11 Å². The van der Waals surface area contributed by atoms with Crippen LogP contribution >= 0.6 is 0 Å². The molecule has 0 atom stereocenters. The number of hydrogen-bond acceptors (Lipinski definition) is 3. The van der Waals surface area contributed by atoms with Gasteiger partial charge in [0.05, 0.1) is 13.2 Å². The maximum absolute atomic E-state index is 12.7. The summed E-state index contributed by atoms with van der Waals surface area (Å²) in [5.41, 5.74) is 0.422. The van der Waals surface area contributed by atoms with Crippen LogP contribution < -0.4 is 10.6 Å². The minimum absolute atomic E-state index is 0.0206. The Hall–Kier alpha value is -1.46. The third-order valence-electron chi connectivity index (χ3n) is 1.68. The van der Waals surface area contributed by atoms with Crippen molar-refractivity contribution in [2.24, 2.45) is 0 Å². The lowest BCUT2D eigenvalue weighted by atomic mass is 10.3. The Bertz CT molecular complexity index is 331. The smallest absolute Gasteiger partial charge is 0.238 e. The fraction of sp³-hybridized carbons (Fsp3) is 0.300. The van der Waals surface area contributed by atoms with Crippen molar-refractivity contribution in [1.29, 1.82) is 0 Å². The Morgan fingerprint density at radius 2 is 2.27 bits per heavy atom. The van der Waals surface area contributed by atoms with E-state index in [0.29, 0.717) is 12.2 Å². The standard InChI is InChI=1S/C10H13FN2O2/c11-8-2-1-3-9(6-8)13-10(15)7-12-4-5-14/h1-3,6,12,14H,4-5,7H2,(H,13,15). The van der Waals surface area contributed by atoms with E-state index < -0.39 is 5.82 Å². The van der Waals surface area contributed by atoms with Gasteiger partial charge in [-0.05, 0) is 18.2 Å². The van der Waals surface area contributed by atoms with Gasteiger partial charge in [-0.2, -0.15) is 0 Å². The lowest BCUT2D eigenvalue weighted by molar-refractivity contribution is -0.115. The molecular formula is C10H13FN2O2. The highest BCUT2D eigenvalue weighted by Crippen LogP contribution is 2.08. The Balaban J connectivity index is 2.37. The third kappa shape index (κ3) is 4.53. The maximum Gasteiger partial charge on any atom is 0.238 e. The predicted molar refractivity (Wildman–Crippen MR) is 55.0 cm³/mol. The van der Waals surface area contributed by atoms with E-state index in [1.165, 1.54) is 18.2 Å². The lowest BCUT2D eigenvalue weighted by Crippen LogP contribution is -2.29. The van der Waals surface area contributed by atoms with E-state index in [9.17, 15) is 9.18 Å². The second kappa shape index (κ2) is 6.10. The zero-order valence-electron chi connectivity index (χ0n) is 8.16. The van der Waals surface area contributed by atoms with Gasteiger partial charge in [-0.25, -0.2) is 4.39 Å². The molecular weight excluding hydrogens is 199 g/mol. The van der Waals surface area contributed by atoms with Gasteiger partial charge in [0.25, 0.3) is 0 Å². The molecule has 0 fully saturated rings. The van der Waals surface area contributed by atoms with E-state index >= 15 is 0 Å². The number of carbonyl (C=O) groups is 1. The van der Waals surface area contributed by atoms with Gasteiger partial charge in [-0.15, -0.1) is 0 Å². The van der Waals surface area contributed by atoms with Gasteiger partial charge in [-0.3, -0.25) is 4.79 Å². The van der Waals surface area contributed by atoms with E-state index in [0.717, 1.165) is 0 Å². The number of rotatable bonds is 5. The summed E-state index contributed by atoms with van der Waals surface area (Å²) in [6.45, 7) is 0.431. The zero-order chi connectivity index (χ0) is 11.1. The Morgan fingerprint density at radius 1 is 1.47 bits per heavy atom. The SMILES string of the molecule is O=C(CNCCO)Nc1cccc(F)c1. The van der Waals surface area contributed by atoms with Crippen LogP contribution in [0.4, 0.5) is 10.1 Å². The van der Waals surface area contributed by atoms with Gasteiger partial charge in [0.2, 0.25) is 5.91 Å². The van der Waals surface area contributed by atoms with Crippen molar-refractivity contribution in [3.05, 3.63) is 30.1 Å². The second-order valence-corrected chi connectivity index (χ2v) is 2.96. The molecule has 1 aromatic carbocycles. The summed E-state index contributed by atoms with van der Waals surface area (Å²) < 4.78 is 12.7. The van der Waals surface area contributed by atoms with Gasteiger partial charge >= 0.3 is 0 Å². The van der Waals surface area contributed by atoms with Crippen LogP contribution in [0.3, 0.4) is 0 Å². The van der Waals surface area contributed by atoms with Gasteiger partial charge in [0.1, 0.15) is 5.82 Å². The van der Waals surface area contributed by atoms with Crippen molar-refractivity contribution in [1.82, 2.24) is 5.32 Å². The van der Waals surface area contributed by atoms with Crippen LogP contribution in [-0.4, -0.2) is 30.7 Å². The summed E-state index contributed by atoms with van der Waals surface area (Å²) >= 11 is 0. The topological polar surface area (TPSA) is 61.4 Å². The normalized spacial score (nSPS) is 10.0. The van der Waals surface area contributed by atoms with Crippen molar-refractivity contribution in [3.63, 3.8) is 0 Å². The minimum Gasteiger partial charge on any atom is -0.395 e. The van der Waals surface area contributed by atoms with E-state index in [1.807, 2.05) is 0 Å². The summed E-state index contributed by atoms with van der Waals surface area (Å²) in [4.78, 5) is 11.2. The van der Waals surface area contributed by atoms with Crippen molar-refractivity contribution < 1.29 is 14.3 Å². The van der Waals surface area contributed by atoms with E-state index in [1.54, 1.807) is 6.07 Å². The number of benzene rings is 1. The Kier molecular flexibility index (Phi) is 4.73. The molecule has 1 rings (SSSR count). The van der Waals surface area contributed by atoms with Gasteiger partial charge in [-0.1, -0.05) is 6.07 Å². The molecule has 0 saturated carbocycles. The van der Waals surface area contributed by atoms with Crippen molar-refractivity contribution >= 4 is 11.6 Å². The molecule has 0 heterocycles. The monoisotopic (exact) mass is 212 g/mol. The molecule has 82 valence electrons. The number of carbonyl (C=O) groups excluding carboxylic acids is 1. The Labute approximate surface area is 87.1 Å². The van der Waals surface area contributed by atoms with Crippen LogP contribution in [0.1, 0.15) is 0 Å². The van der Waals surface area contributed by atoms with E-state index in [2.05, 4.69) is 10.6 Å². The second-order valence-electron chi connectivity index (χ2n) is 2.96. The highest BCUT2D eigenvalue weighted by molar-refractivity contribution is 5.92. The first-order chi connectivity index (χ1) is 7.22. The maximum atomic E-state index is 12.7. The number of halogens is 1. The molecule has 1 amide bonds. The molecule has 1 aromatic rings. The molecule has 0 unspecified atom stereocenters. The van der Waals surface area contributed by atoms with Crippen molar-refractivity contribution in [3.8, 4) is 0 Å². The molecule has 0 aromatic heterocycles. The molecule has 0 aliphatic carbocycles. The first-order valence-electron chi connectivity index (χ1n) is 4.59. The highest BCUT2D eigenvalue weighted by Gasteiger charge is 2.01. The van der Waals surface area contributed by atoms with Crippen LogP contribution in [0.2, 0.25) is 0 Å². The molecule has 5 heteroatoms. The number of hydrogen-bond donors (Lipinski definition) is 3. The van der Waals surface area contributed by atoms with Crippen LogP contribution in [0, 0.1) is 5.82 Å². The van der Waals surface area contributed by atoms with Crippen LogP contribution in [0.5, 0.6) is 0 Å². The first kappa shape index (κ1) is 11.6. The third-order valence-corrected chi connectivity index (χ3v) is 1.68. The molecule has 0 aliphatic rings. The van der Waals surface area contributed by atoms with Gasteiger partial charge in [0.15, 0.2) is 0 Å². The predicted octanol–water partition coefficient (Wildman–Crippen LogP) is 0.346. The van der Waals surface area contributed by atoms with Crippen molar-refractivity contribution in [2.75, 3.05) is 25.0 Å². The summed E-state index contributed by atoms with van der Waals surface area (Å²) in [6.07, 6.45) is 0. The molecule has 0 saturated heterocycles. The molecule has 0 aliphatic heterocycles. The highest BCUT2D eigenvalue weighted by atomic mass is 19.1. The lowest BCUT2D eigenvalue weighted by Gasteiger charge is -2.05. The Morgan fingerprint density at radius 3 is 2.93 bits per heavy atom. The average molecular weight is 212 g/mol. The molecule has 0 radical (unpaired) electrons. The van der Waals surface area contributed by atoms with Crippen LogP contribution in [-0.2, 0) is 4.79 Å². The quantitative estimate of drug-likeness (QED) is 0.617. The van der Waals surface area contributed by atoms with Crippen LogP contribution in [0.25, 0.3) is 0 Å². The molecule has 15 heavy (non-hydrogen) atoms. The number of amides is 1. The molecule has 0 bridgehead atoms. The minimum atomic E-state index is -0.392. The fourth-order valence-corrected chi connectivity index (χ4v) is 1.05. The summed E-state index contributed by atoms with van der Waals surface area (Å²) in [6, 6.07) is 5.67. The van der Waals surface area contributed by atoms with Gasteiger partial charge < -0.3 is 15.7 Å². The molecule has 3 N–H and O–H groups in total. The first-order valence-corrected chi connectivity index (χ1v) is 4.59. The molecule has 4 nitrogen and oxygen atoms in total. The van der Waals surface area contributed by atoms with E-state index in [-0.39, 0.29) is 19.1 Å². The number of aliphatic hydroxyl groups is 1. The fourth-order valence-electron chi connectivity index (χ4n) is 1.05. The zero-order valence-corrected chi connectivity index (χ0v) is 8.16. The van der Waals surface area contributed by atoms with Gasteiger partial charge in [0, 0.05) is 12.2 Å². The number of nitrogens with one attached hydrogen (secondary N) is 2. The average Bonchev–Trinajstić information content (AvgIpc) is 2.18. The molecule has 0 spiro atoms.